The van der Waals surface area contributed by atoms with Crippen LogP contribution in [0.25, 0.3) is 0 Å². The van der Waals surface area contributed by atoms with Gasteiger partial charge in [0.05, 0.1) is 12.1 Å². The molecule has 2 aromatic heterocycles. The molecule has 1 N–H and O–H groups in total. The van der Waals surface area contributed by atoms with Crippen molar-refractivity contribution in [3.63, 3.8) is 0 Å². The normalized spacial score (nSPS) is 23.4. The number of fused-ring (bicyclic) bond motifs is 1. The molecule has 2 aromatic rings. The molecule has 0 bridgehead atoms. The highest BCUT2D eigenvalue weighted by Crippen LogP contribution is 2.33. The molecule has 28 heavy (non-hydrogen) atoms. The third kappa shape index (κ3) is 4.17. The van der Waals surface area contributed by atoms with Crippen LogP contribution in [-0.4, -0.2) is 56.5 Å². The van der Waals surface area contributed by atoms with Crippen molar-refractivity contribution >= 4 is 11.8 Å². The number of hydrogen-bond donors (Lipinski definition) is 1. The molecule has 0 aliphatic carbocycles. The molecule has 0 spiro atoms. The van der Waals surface area contributed by atoms with Crippen LogP contribution < -0.4 is 5.32 Å². The molecule has 146 valence electrons. The molecular formula is C20H23N5O3. The first-order valence-electron chi connectivity index (χ1n) is 9.56. The van der Waals surface area contributed by atoms with Gasteiger partial charge < -0.3 is 15.0 Å². The summed E-state index contributed by atoms with van der Waals surface area (Å²) in [5.41, 5.74) is 1.89. The van der Waals surface area contributed by atoms with E-state index in [-0.39, 0.29) is 24.0 Å². The molecule has 2 saturated heterocycles. The smallest absolute Gasteiger partial charge is 0.249 e. The van der Waals surface area contributed by atoms with Gasteiger partial charge in [0, 0.05) is 50.7 Å². The Morgan fingerprint density at radius 1 is 1.18 bits per heavy atom. The quantitative estimate of drug-likeness (QED) is 0.798. The van der Waals surface area contributed by atoms with Crippen molar-refractivity contribution in [3.8, 4) is 0 Å². The number of rotatable bonds is 6. The molecule has 2 aliphatic heterocycles. The van der Waals surface area contributed by atoms with Gasteiger partial charge in [-0.15, -0.1) is 0 Å². The number of ether oxygens (including phenoxy) is 1. The summed E-state index contributed by atoms with van der Waals surface area (Å²) in [6, 6.07) is 3.73. The molecule has 2 fully saturated rings. The Kier molecular flexibility index (Phi) is 5.57. The Balaban J connectivity index is 1.28. The Morgan fingerprint density at radius 3 is 2.79 bits per heavy atom. The second-order valence-corrected chi connectivity index (χ2v) is 7.17. The first kappa shape index (κ1) is 18.5. The summed E-state index contributed by atoms with van der Waals surface area (Å²) in [5.74, 6) is -0.0385. The number of carbonyl (C=O) groups is 2. The lowest BCUT2D eigenvalue weighted by Crippen LogP contribution is -2.39. The molecule has 4 heterocycles. The van der Waals surface area contributed by atoms with E-state index >= 15 is 0 Å². The fourth-order valence-electron chi connectivity index (χ4n) is 3.89. The fraction of sp³-hybridized carbons (Fsp3) is 0.450. The number of likely N-dealkylation sites (tertiary alicyclic amines) is 1. The van der Waals surface area contributed by atoms with E-state index in [4.69, 9.17) is 4.74 Å². The molecule has 4 rings (SSSR count). The van der Waals surface area contributed by atoms with Crippen LogP contribution in [0.15, 0.2) is 43.2 Å². The van der Waals surface area contributed by atoms with Crippen LogP contribution in [0.4, 0.5) is 0 Å². The number of amides is 2. The summed E-state index contributed by atoms with van der Waals surface area (Å²) < 4.78 is 5.94. The number of nitrogens with zero attached hydrogens (tertiary/aromatic N) is 4. The second kappa shape index (κ2) is 8.43. The second-order valence-electron chi connectivity index (χ2n) is 7.17. The first-order valence-corrected chi connectivity index (χ1v) is 9.56. The maximum atomic E-state index is 12.7. The minimum atomic E-state index is -0.509. The summed E-state index contributed by atoms with van der Waals surface area (Å²) in [7, 11) is 0. The first-order chi connectivity index (χ1) is 13.7. The molecular weight excluding hydrogens is 358 g/mol. The highest BCUT2D eigenvalue weighted by Gasteiger charge is 2.46. The van der Waals surface area contributed by atoms with Crippen molar-refractivity contribution in [3.05, 3.63) is 54.4 Å². The number of pyridine rings is 1. The Labute approximate surface area is 163 Å². The monoisotopic (exact) mass is 381 g/mol. The van der Waals surface area contributed by atoms with Crippen molar-refractivity contribution in [2.24, 2.45) is 0 Å². The van der Waals surface area contributed by atoms with E-state index in [1.807, 2.05) is 17.0 Å². The van der Waals surface area contributed by atoms with Gasteiger partial charge in [0.15, 0.2) is 0 Å². The number of aryl methyl sites for hydroxylation is 1. The van der Waals surface area contributed by atoms with Crippen LogP contribution in [0.3, 0.4) is 0 Å². The Bertz CT molecular complexity index is 817. The van der Waals surface area contributed by atoms with Gasteiger partial charge in [-0.2, -0.15) is 0 Å². The van der Waals surface area contributed by atoms with Gasteiger partial charge in [-0.25, -0.2) is 9.97 Å². The molecule has 0 radical (unpaired) electrons. The van der Waals surface area contributed by atoms with E-state index in [2.05, 4.69) is 20.3 Å². The van der Waals surface area contributed by atoms with Gasteiger partial charge in [-0.05, 0) is 30.0 Å². The van der Waals surface area contributed by atoms with Gasteiger partial charge in [-0.1, -0.05) is 6.07 Å². The number of aromatic nitrogens is 3. The maximum absolute atomic E-state index is 12.7. The summed E-state index contributed by atoms with van der Waals surface area (Å²) in [6.07, 6.45) is 10.1. The van der Waals surface area contributed by atoms with Crippen LogP contribution in [-0.2, 0) is 27.3 Å². The topological polar surface area (TPSA) is 97.3 Å². The summed E-state index contributed by atoms with van der Waals surface area (Å²) in [6.45, 7) is 1.10. The van der Waals surface area contributed by atoms with Crippen molar-refractivity contribution in [2.45, 2.75) is 50.5 Å². The maximum Gasteiger partial charge on any atom is 0.249 e. The van der Waals surface area contributed by atoms with Crippen LogP contribution in [0.5, 0.6) is 0 Å². The van der Waals surface area contributed by atoms with Gasteiger partial charge in [-0.3, -0.25) is 14.6 Å². The van der Waals surface area contributed by atoms with E-state index in [1.54, 1.807) is 24.8 Å². The molecule has 3 atom stereocenters. The minimum Gasteiger partial charge on any atom is -0.363 e. The largest absolute Gasteiger partial charge is 0.363 e. The van der Waals surface area contributed by atoms with E-state index in [1.165, 1.54) is 6.33 Å². The summed E-state index contributed by atoms with van der Waals surface area (Å²) >= 11 is 0. The summed E-state index contributed by atoms with van der Waals surface area (Å²) in [4.78, 5) is 39.0. The lowest BCUT2D eigenvalue weighted by molar-refractivity contribution is -0.133. The predicted molar refractivity (Wildman–Crippen MR) is 99.8 cm³/mol. The van der Waals surface area contributed by atoms with Crippen LogP contribution in [0.2, 0.25) is 0 Å². The van der Waals surface area contributed by atoms with Gasteiger partial charge in [0.25, 0.3) is 0 Å². The number of hydrogen-bond acceptors (Lipinski definition) is 6. The van der Waals surface area contributed by atoms with Crippen LogP contribution >= 0.6 is 0 Å². The molecule has 2 aliphatic rings. The lowest BCUT2D eigenvalue weighted by atomic mass is 10.1. The fourth-order valence-corrected chi connectivity index (χ4v) is 3.89. The lowest BCUT2D eigenvalue weighted by Gasteiger charge is -2.23. The Hall–Kier alpha value is -2.87. The Morgan fingerprint density at radius 2 is 2.00 bits per heavy atom. The summed E-state index contributed by atoms with van der Waals surface area (Å²) in [5, 5.41) is 2.90. The van der Waals surface area contributed by atoms with Gasteiger partial charge >= 0.3 is 0 Å². The van der Waals surface area contributed by atoms with Crippen molar-refractivity contribution < 1.29 is 14.3 Å². The number of nitrogens with one attached hydrogen (secondary N) is 1. The zero-order valence-electron chi connectivity index (χ0n) is 15.5. The molecule has 2 amide bonds. The van der Waals surface area contributed by atoms with Crippen molar-refractivity contribution in [1.29, 1.82) is 0 Å². The average Bonchev–Trinajstić information content (AvgIpc) is 3.33. The van der Waals surface area contributed by atoms with Crippen molar-refractivity contribution in [2.75, 3.05) is 6.54 Å². The standard InChI is InChI=1S/C20H23N5O3/c26-19(4-3-15-10-22-13-23-11-15)25-7-5-17-16(25)8-18(28-17)20(27)24-12-14-2-1-6-21-9-14/h1-2,6,9-11,13,16-18H,3-5,7-8,12H2,(H,24,27)/t16-,17-,18-/m1/s1. The van der Waals surface area contributed by atoms with Crippen LogP contribution in [0, 0.1) is 0 Å². The average molecular weight is 381 g/mol. The minimum absolute atomic E-state index is 0.0198. The van der Waals surface area contributed by atoms with E-state index < -0.39 is 6.10 Å². The highest BCUT2D eigenvalue weighted by molar-refractivity contribution is 5.82. The zero-order valence-corrected chi connectivity index (χ0v) is 15.5. The molecule has 8 heteroatoms. The zero-order chi connectivity index (χ0) is 19.3. The van der Waals surface area contributed by atoms with Crippen molar-refractivity contribution in [1.82, 2.24) is 25.2 Å². The van der Waals surface area contributed by atoms with E-state index in [9.17, 15) is 9.59 Å². The molecule has 0 aromatic carbocycles. The highest BCUT2D eigenvalue weighted by atomic mass is 16.5. The third-order valence-corrected chi connectivity index (χ3v) is 5.32. The van der Waals surface area contributed by atoms with Gasteiger partial charge in [0.2, 0.25) is 11.8 Å². The molecule has 8 nitrogen and oxygen atoms in total. The number of carbonyl (C=O) groups excluding carboxylic acids is 2. The molecule has 0 unspecified atom stereocenters. The predicted octanol–water partition coefficient (Wildman–Crippen LogP) is 0.879. The SMILES string of the molecule is O=C(NCc1cccnc1)[C@H]1C[C@@H]2[C@@H](CCN2C(=O)CCc2cncnc2)O1. The van der Waals surface area contributed by atoms with E-state index in [0.717, 1.165) is 17.5 Å². The van der Waals surface area contributed by atoms with E-state index in [0.29, 0.717) is 32.4 Å². The van der Waals surface area contributed by atoms with Gasteiger partial charge in [0.1, 0.15) is 12.4 Å². The third-order valence-electron chi connectivity index (χ3n) is 5.32. The molecule has 0 saturated carbocycles. The van der Waals surface area contributed by atoms with Crippen LogP contribution in [0.1, 0.15) is 30.4 Å².